The molecule has 0 bridgehead atoms. The molecule has 0 spiro atoms. The third-order valence-electron chi connectivity index (χ3n) is 10.3. The second-order valence-electron chi connectivity index (χ2n) is 13.3. The van der Waals surface area contributed by atoms with Crippen molar-refractivity contribution in [1.82, 2.24) is 0 Å². The molecular weight excluding hydrogens is 647 g/mol. The van der Waals surface area contributed by atoms with Crippen LogP contribution in [0, 0.1) is 0 Å². The molecule has 0 aliphatic carbocycles. The number of thiophene rings is 1. The second-order valence-corrected chi connectivity index (χ2v) is 14.4. The van der Waals surface area contributed by atoms with Gasteiger partial charge < -0.3 is 4.90 Å². The number of hydrogen-bond donors (Lipinski definition) is 0. The van der Waals surface area contributed by atoms with Crippen LogP contribution >= 0.6 is 11.3 Å². The molecule has 1 aromatic heterocycles. The standard InChI is InChI=1S/C50H33NS/c1-2-11-35(12-3-1)44-15-6-8-19-48(44)51(41-30-25-37(26-31-41)45-17-10-18-47-46-16-7-9-20-49(46)52-50(45)47)40-28-23-34(24-29-40)38-27-32-43-39(33-38)22-21-36-13-4-5-14-42(36)43/h1-33H. The molecule has 1 heterocycles. The Morgan fingerprint density at radius 2 is 0.904 bits per heavy atom. The molecule has 0 saturated heterocycles. The van der Waals surface area contributed by atoms with Gasteiger partial charge in [0.25, 0.3) is 0 Å². The van der Waals surface area contributed by atoms with Crippen molar-refractivity contribution in [1.29, 1.82) is 0 Å². The lowest BCUT2D eigenvalue weighted by molar-refractivity contribution is 1.28. The van der Waals surface area contributed by atoms with Crippen LogP contribution in [-0.2, 0) is 0 Å². The number of anilines is 3. The Kier molecular flexibility index (Phi) is 7.41. The van der Waals surface area contributed by atoms with Crippen molar-refractivity contribution in [3.8, 4) is 33.4 Å². The number of benzene rings is 9. The summed E-state index contributed by atoms with van der Waals surface area (Å²) in [7, 11) is 0. The fourth-order valence-corrected chi connectivity index (χ4v) is 8.96. The quantitative estimate of drug-likeness (QED) is 0.158. The zero-order valence-corrected chi connectivity index (χ0v) is 29.2. The van der Waals surface area contributed by atoms with Crippen LogP contribution in [0.2, 0.25) is 0 Å². The van der Waals surface area contributed by atoms with Crippen molar-refractivity contribution in [3.63, 3.8) is 0 Å². The summed E-state index contributed by atoms with van der Waals surface area (Å²) in [4.78, 5) is 2.39. The van der Waals surface area contributed by atoms with Gasteiger partial charge in [-0.1, -0.05) is 158 Å². The second kappa shape index (κ2) is 12.7. The number of hydrogen-bond acceptors (Lipinski definition) is 2. The molecule has 0 amide bonds. The molecule has 0 atom stereocenters. The van der Waals surface area contributed by atoms with Crippen molar-refractivity contribution in [2.24, 2.45) is 0 Å². The van der Waals surface area contributed by atoms with Gasteiger partial charge in [-0.25, -0.2) is 0 Å². The molecule has 0 unspecified atom stereocenters. The average molecular weight is 680 g/mol. The van der Waals surface area contributed by atoms with Gasteiger partial charge >= 0.3 is 0 Å². The van der Waals surface area contributed by atoms with Crippen LogP contribution in [0.5, 0.6) is 0 Å². The van der Waals surface area contributed by atoms with Crippen molar-refractivity contribution in [2.45, 2.75) is 0 Å². The molecule has 0 N–H and O–H groups in total. The SMILES string of the molecule is c1ccc(-c2ccccc2N(c2ccc(-c3ccc4c(ccc5ccccc54)c3)cc2)c2ccc(-c3cccc4c3sc3ccccc34)cc2)cc1. The molecule has 0 aliphatic rings. The van der Waals surface area contributed by atoms with E-state index in [1.807, 2.05) is 11.3 Å². The Balaban J connectivity index is 1.07. The minimum atomic E-state index is 1.11. The zero-order chi connectivity index (χ0) is 34.4. The van der Waals surface area contributed by atoms with Crippen LogP contribution in [0.15, 0.2) is 200 Å². The Morgan fingerprint density at radius 3 is 1.73 bits per heavy atom. The van der Waals surface area contributed by atoms with E-state index >= 15 is 0 Å². The van der Waals surface area contributed by atoms with Gasteiger partial charge in [-0.2, -0.15) is 0 Å². The van der Waals surface area contributed by atoms with Crippen LogP contribution in [-0.4, -0.2) is 0 Å². The highest BCUT2D eigenvalue weighted by Crippen LogP contribution is 2.44. The summed E-state index contributed by atoms with van der Waals surface area (Å²) in [5.41, 5.74) is 10.6. The van der Waals surface area contributed by atoms with E-state index in [-0.39, 0.29) is 0 Å². The van der Waals surface area contributed by atoms with Gasteiger partial charge in [0.2, 0.25) is 0 Å². The number of rotatable bonds is 6. The lowest BCUT2D eigenvalue weighted by atomic mass is 9.97. The summed E-state index contributed by atoms with van der Waals surface area (Å²) in [5, 5.41) is 7.75. The number of nitrogens with zero attached hydrogens (tertiary/aromatic N) is 1. The summed E-state index contributed by atoms with van der Waals surface area (Å²) in [6.45, 7) is 0. The fourth-order valence-electron chi connectivity index (χ4n) is 7.72. The Bertz CT molecular complexity index is 2890. The van der Waals surface area contributed by atoms with Crippen molar-refractivity contribution < 1.29 is 0 Å². The summed E-state index contributed by atoms with van der Waals surface area (Å²) in [5.74, 6) is 0. The summed E-state index contributed by atoms with van der Waals surface area (Å²) in [6, 6.07) is 72.9. The molecule has 10 rings (SSSR count). The molecule has 0 radical (unpaired) electrons. The van der Waals surface area contributed by atoms with Gasteiger partial charge in [0.1, 0.15) is 0 Å². The number of para-hydroxylation sites is 1. The van der Waals surface area contributed by atoms with Crippen LogP contribution in [0.25, 0.3) is 75.1 Å². The summed E-state index contributed by atoms with van der Waals surface area (Å²) in [6.07, 6.45) is 0. The fraction of sp³-hybridized carbons (Fsp3) is 0. The molecule has 0 fully saturated rings. The van der Waals surface area contributed by atoms with E-state index in [2.05, 4.69) is 205 Å². The first kappa shape index (κ1) is 30.4. The van der Waals surface area contributed by atoms with Gasteiger partial charge in [0.15, 0.2) is 0 Å². The third kappa shape index (κ3) is 5.24. The Labute approximate surface area is 307 Å². The summed E-state index contributed by atoms with van der Waals surface area (Å²) < 4.78 is 2.66. The minimum Gasteiger partial charge on any atom is -0.310 e. The molecule has 9 aromatic carbocycles. The molecule has 0 aliphatic heterocycles. The maximum absolute atomic E-state index is 2.39. The molecule has 10 aromatic rings. The van der Waals surface area contributed by atoms with E-state index in [0.717, 1.165) is 17.1 Å². The predicted molar refractivity (Wildman–Crippen MR) is 225 cm³/mol. The predicted octanol–water partition coefficient (Wildman–Crippen LogP) is 14.8. The van der Waals surface area contributed by atoms with E-state index in [1.165, 1.54) is 75.1 Å². The van der Waals surface area contributed by atoms with Gasteiger partial charge in [-0.15, -0.1) is 11.3 Å². The lowest BCUT2D eigenvalue weighted by Crippen LogP contribution is -2.11. The van der Waals surface area contributed by atoms with E-state index in [1.54, 1.807) is 0 Å². The maximum atomic E-state index is 2.39. The molecule has 1 nitrogen and oxygen atoms in total. The molecule has 244 valence electrons. The highest BCUT2D eigenvalue weighted by molar-refractivity contribution is 7.26. The van der Waals surface area contributed by atoms with E-state index in [0.29, 0.717) is 0 Å². The monoisotopic (exact) mass is 679 g/mol. The van der Waals surface area contributed by atoms with Crippen LogP contribution in [0.3, 0.4) is 0 Å². The van der Waals surface area contributed by atoms with Crippen molar-refractivity contribution in [2.75, 3.05) is 4.90 Å². The molecule has 2 heteroatoms. The molecule has 52 heavy (non-hydrogen) atoms. The van der Waals surface area contributed by atoms with Crippen molar-refractivity contribution in [3.05, 3.63) is 200 Å². The first-order chi connectivity index (χ1) is 25.8. The van der Waals surface area contributed by atoms with Crippen LogP contribution in [0.1, 0.15) is 0 Å². The average Bonchev–Trinajstić information content (AvgIpc) is 3.61. The maximum Gasteiger partial charge on any atom is 0.0540 e. The van der Waals surface area contributed by atoms with E-state index in [4.69, 9.17) is 0 Å². The Hall–Kier alpha value is -6.48. The first-order valence-electron chi connectivity index (χ1n) is 17.8. The van der Waals surface area contributed by atoms with Crippen LogP contribution in [0.4, 0.5) is 17.1 Å². The first-order valence-corrected chi connectivity index (χ1v) is 18.6. The molecule has 0 saturated carbocycles. The third-order valence-corrected chi connectivity index (χ3v) is 11.5. The minimum absolute atomic E-state index is 1.11. The largest absolute Gasteiger partial charge is 0.310 e. The van der Waals surface area contributed by atoms with Gasteiger partial charge in [-0.3, -0.25) is 0 Å². The van der Waals surface area contributed by atoms with Gasteiger partial charge in [0, 0.05) is 37.1 Å². The highest BCUT2D eigenvalue weighted by atomic mass is 32.1. The molecular formula is C50H33NS. The van der Waals surface area contributed by atoms with E-state index < -0.39 is 0 Å². The number of fused-ring (bicyclic) bond motifs is 6. The smallest absolute Gasteiger partial charge is 0.0540 e. The topological polar surface area (TPSA) is 3.24 Å². The lowest BCUT2D eigenvalue weighted by Gasteiger charge is -2.28. The van der Waals surface area contributed by atoms with Gasteiger partial charge in [0.05, 0.1) is 5.69 Å². The van der Waals surface area contributed by atoms with Gasteiger partial charge in [-0.05, 0) is 91.8 Å². The van der Waals surface area contributed by atoms with E-state index in [9.17, 15) is 0 Å². The Morgan fingerprint density at radius 1 is 0.327 bits per heavy atom. The normalized spacial score (nSPS) is 11.5. The highest BCUT2D eigenvalue weighted by Gasteiger charge is 2.18. The zero-order valence-electron chi connectivity index (χ0n) is 28.4. The summed E-state index contributed by atoms with van der Waals surface area (Å²) >= 11 is 1.88. The van der Waals surface area contributed by atoms with Crippen LogP contribution < -0.4 is 4.90 Å². The van der Waals surface area contributed by atoms with Crippen molar-refractivity contribution >= 4 is 70.1 Å².